The summed E-state index contributed by atoms with van der Waals surface area (Å²) in [5, 5.41) is 0. The second kappa shape index (κ2) is 9.27. The molecule has 0 fully saturated rings. The summed E-state index contributed by atoms with van der Waals surface area (Å²) in [7, 11) is -6.11. The van der Waals surface area contributed by atoms with Crippen LogP contribution in [0.15, 0.2) is 99.6 Å². The van der Waals surface area contributed by atoms with E-state index in [1.165, 1.54) is 20.2 Å². The minimum absolute atomic E-state index is 0.0229. The van der Waals surface area contributed by atoms with E-state index >= 15 is 0 Å². The Bertz CT molecular complexity index is 933. The molecule has 3 aromatic rings. The van der Waals surface area contributed by atoms with Gasteiger partial charge in [0.25, 0.3) is 0 Å². The monoisotopic (exact) mass is 426 g/mol. The summed E-state index contributed by atoms with van der Waals surface area (Å²) in [5.74, 6) is 0. The largest absolute Gasteiger partial charge is 0.741 e. The van der Waals surface area contributed by atoms with E-state index in [1.54, 1.807) is 0 Å². The van der Waals surface area contributed by atoms with E-state index in [-0.39, 0.29) is 10.9 Å². The molecule has 0 aliphatic heterocycles. The van der Waals surface area contributed by atoms with Gasteiger partial charge in [0.05, 0.1) is 10.9 Å². The lowest BCUT2D eigenvalue weighted by atomic mass is 10.2. The highest BCUT2D eigenvalue weighted by molar-refractivity contribution is 7.97. The average molecular weight is 426 g/mol. The standard InChI is InChI=1S/C19H17S.CHF3O3S/c1-16-12-14-19(15-13-16)20(17-8-4-2-5-9-17)18-10-6-3-7-11-18;2-1(3,4)8(5,6)7/h2-15H,1H3;(H,5,6,7)/q+1;/p-1. The molecule has 3 aromatic carbocycles. The molecule has 0 aliphatic carbocycles. The third-order valence-corrected chi connectivity index (χ3v) is 6.30. The highest BCUT2D eigenvalue weighted by Gasteiger charge is 2.36. The molecule has 0 heterocycles. The zero-order valence-electron chi connectivity index (χ0n) is 14.8. The van der Waals surface area contributed by atoms with Crippen molar-refractivity contribution in [2.75, 3.05) is 0 Å². The first-order valence-corrected chi connectivity index (χ1v) is 10.7. The van der Waals surface area contributed by atoms with E-state index in [0.29, 0.717) is 0 Å². The van der Waals surface area contributed by atoms with Crippen molar-refractivity contribution < 1.29 is 26.1 Å². The Morgan fingerprint density at radius 1 is 0.714 bits per heavy atom. The van der Waals surface area contributed by atoms with E-state index in [1.807, 2.05) is 0 Å². The second-order valence-corrected chi connectivity index (χ2v) is 9.04. The Balaban J connectivity index is 0.000000300. The summed E-state index contributed by atoms with van der Waals surface area (Å²) in [5.41, 5.74) is -4.34. The minimum Gasteiger partial charge on any atom is -0.741 e. The van der Waals surface area contributed by atoms with Gasteiger partial charge >= 0.3 is 5.51 Å². The Labute approximate surface area is 164 Å². The lowest BCUT2D eigenvalue weighted by Gasteiger charge is -2.08. The van der Waals surface area contributed by atoms with Gasteiger partial charge < -0.3 is 4.55 Å². The van der Waals surface area contributed by atoms with Crippen LogP contribution in [0, 0.1) is 6.92 Å². The summed E-state index contributed by atoms with van der Waals surface area (Å²) >= 11 is 0. The molecule has 148 valence electrons. The van der Waals surface area contributed by atoms with Crippen molar-refractivity contribution in [3.63, 3.8) is 0 Å². The fourth-order valence-electron chi connectivity index (χ4n) is 2.20. The van der Waals surface area contributed by atoms with E-state index in [0.717, 1.165) is 0 Å². The van der Waals surface area contributed by atoms with Crippen LogP contribution in [0.2, 0.25) is 0 Å². The van der Waals surface area contributed by atoms with Gasteiger partial charge in [-0.3, -0.25) is 0 Å². The summed E-state index contributed by atoms with van der Waals surface area (Å²) < 4.78 is 58.9. The molecule has 0 aromatic heterocycles. The number of rotatable bonds is 3. The summed E-state index contributed by atoms with van der Waals surface area (Å²) in [4.78, 5) is 4.10. The van der Waals surface area contributed by atoms with Gasteiger partial charge in [-0.05, 0) is 43.3 Å². The normalized spacial score (nSPS) is 11.6. The molecular weight excluding hydrogens is 409 g/mol. The van der Waals surface area contributed by atoms with Gasteiger partial charge in [0.15, 0.2) is 24.8 Å². The molecule has 0 bridgehead atoms. The first-order chi connectivity index (χ1) is 13.1. The van der Waals surface area contributed by atoms with Crippen molar-refractivity contribution in [1.29, 1.82) is 0 Å². The summed E-state index contributed by atoms with van der Waals surface area (Å²) in [6.45, 7) is 2.13. The number of hydrogen-bond donors (Lipinski definition) is 0. The van der Waals surface area contributed by atoms with Gasteiger partial charge in [0, 0.05) is 0 Å². The van der Waals surface area contributed by atoms with Crippen LogP contribution in [0.4, 0.5) is 13.2 Å². The van der Waals surface area contributed by atoms with Crippen molar-refractivity contribution in [3.05, 3.63) is 90.5 Å². The molecule has 3 rings (SSSR count). The topological polar surface area (TPSA) is 57.2 Å². The SMILES string of the molecule is Cc1ccc([S+](c2ccccc2)c2ccccc2)cc1.O=S(=O)([O-])C(F)(F)F. The fourth-order valence-corrected chi connectivity index (χ4v) is 4.28. The zero-order valence-corrected chi connectivity index (χ0v) is 16.4. The van der Waals surface area contributed by atoms with E-state index in [9.17, 15) is 13.2 Å². The maximum atomic E-state index is 10.7. The van der Waals surface area contributed by atoms with E-state index in [2.05, 4.69) is 91.9 Å². The lowest BCUT2D eigenvalue weighted by Crippen LogP contribution is -2.21. The molecule has 3 nitrogen and oxygen atoms in total. The Morgan fingerprint density at radius 2 is 1.04 bits per heavy atom. The molecule has 8 heteroatoms. The molecule has 0 saturated heterocycles. The smallest absolute Gasteiger partial charge is 0.485 e. The lowest BCUT2D eigenvalue weighted by molar-refractivity contribution is -0.0517. The predicted octanol–water partition coefficient (Wildman–Crippen LogP) is 5.14. The van der Waals surface area contributed by atoms with Crippen molar-refractivity contribution in [2.24, 2.45) is 0 Å². The van der Waals surface area contributed by atoms with Crippen molar-refractivity contribution in [1.82, 2.24) is 0 Å². The Hall–Kier alpha value is -2.29. The summed E-state index contributed by atoms with van der Waals surface area (Å²) in [6, 6.07) is 30.4. The van der Waals surface area contributed by atoms with E-state index < -0.39 is 15.6 Å². The van der Waals surface area contributed by atoms with Crippen LogP contribution in [0.3, 0.4) is 0 Å². The number of alkyl halides is 3. The molecule has 0 amide bonds. The van der Waals surface area contributed by atoms with Crippen LogP contribution in [-0.4, -0.2) is 18.5 Å². The number of hydrogen-bond acceptors (Lipinski definition) is 3. The Morgan fingerprint density at radius 3 is 1.36 bits per heavy atom. The Kier molecular flexibility index (Phi) is 7.29. The van der Waals surface area contributed by atoms with Crippen LogP contribution in [0.25, 0.3) is 0 Å². The zero-order chi connectivity index (χ0) is 20.8. The maximum Gasteiger partial charge on any atom is 0.485 e. The fraction of sp³-hybridized carbons (Fsp3) is 0.100. The van der Waals surface area contributed by atoms with Crippen LogP contribution in [0.1, 0.15) is 5.56 Å². The van der Waals surface area contributed by atoms with Gasteiger partial charge in [-0.25, -0.2) is 8.42 Å². The highest BCUT2D eigenvalue weighted by atomic mass is 32.2. The van der Waals surface area contributed by atoms with Gasteiger partial charge in [-0.15, -0.1) is 0 Å². The minimum atomic E-state index is -6.09. The molecule has 28 heavy (non-hydrogen) atoms. The third kappa shape index (κ3) is 6.12. The van der Waals surface area contributed by atoms with Crippen LogP contribution in [0.5, 0.6) is 0 Å². The van der Waals surface area contributed by atoms with E-state index in [4.69, 9.17) is 13.0 Å². The first-order valence-electron chi connectivity index (χ1n) is 8.03. The molecule has 0 N–H and O–H groups in total. The molecular formula is C20H17F3O3S2. The molecule has 0 spiro atoms. The summed E-state index contributed by atoms with van der Waals surface area (Å²) in [6.07, 6.45) is 0. The van der Waals surface area contributed by atoms with Gasteiger partial charge in [-0.1, -0.05) is 54.1 Å². The van der Waals surface area contributed by atoms with Crippen molar-refractivity contribution in [2.45, 2.75) is 27.1 Å². The number of benzene rings is 3. The molecule has 0 radical (unpaired) electrons. The van der Waals surface area contributed by atoms with Gasteiger partial charge in [-0.2, -0.15) is 13.2 Å². The predicted molar refractivity (Wildman–Crippen MR) is 102 cm³/mol. The number of halogens is 3. The maximum absolute atomic E-state index is 10.7. The van der Waals surface area contributed by atoms with Gasteiger partial charge in [0.2, 0.25) is 0 Å². The van der Waals surface area contributed by atoms with Gasteiger partial charge in [0.1, 0.15) is 0 Å². The third-order valence-electron chi connectivity index (χ3n) is 3.50. The molecule has 0 unspecified atom stereocenters. The average Bonchev–Trinajstić information content (AvgIpc) is 2.64. The number of aryl methyl sites for hydroxylation is 1. The highest BCUT2D eigenvalue weighted by Crippen LogP contribution is 2.30. The molecule has 0 aliphatic rings. The van der Waals surface area contributed by atoms with Crippen LogP contribution >= 0.6 is 0 Å². The molecule has 0 atom stereocenters. The second-order valence-electron chi connectivity index (χ2n) is 5.65. The van der Waals surface area contributed by atoms with Crippen molar-refractivity contribution >= 4 is 21.0 Å². The first kappa shape index (κ1) is 22.0. The van der Waals surface area contributed by atoms with Crippen LogP contribution in [-0.2, 0) is 21.0 Å². The quantitative estimate of drug-likeness (QED) is 0.331. The van der Waals surface area contributed by atoms with Crippen LogP contribution < -0.4 is 0 Å². The van der Waals surface area contributed by atoms with Crippen molar-refractivity contribution in [3.8, 4) is 0 Å². The molecule has 0 saturated carbocycles.